The summed E-state index contributed by atoms with van der Waals surface area (Å²) in [4.78, 5) is 10.4. The van der Waals surface area contributed by atoms with Crippen LogP contribution in [-0.2, 0) is 15.3 Å². The quantitative estimate of drug-likeness (QED) is 0.475. The fourth-order valence-corrected chi connectivity index (χ4v) is 2.30. The summed E-state index contributed by atoms with van der Waals surface area (Å²) in [6.45, 7) is 0.688. The molecule has 1 heterocycles. The van der Waals surface area contributed by atoms with E-state index in [-0.39, 0.29) is 11.3 Å². The first-order chi connectivity index (χ1) is 9.09. The predicted molar refractivity (Wildman–Crippen MR) is 66.6 cm³/mol. The van der Waals surface area contributed by atoms with Crippen molar-refractivity contribution in [3.8, 4) is 0 Å². The molecule has 19 heavy (non-hydrogen) atoms. The Morgan fingerprint density at radius 3 is 2.68 bits per heavy atom. The summed E-state index contributed by atoms with van der Waals surface area (Å²) >= 11 is 5.65. The van der Waals surface area contributed by atoms with Gasteiger partial charge in [0.15, 0.2) is 0 Å². The molecule has 1 aromatic carbocycles. The van der Waals surface area contributed by atoms with E-state index in [1.165, 1.54) is 6.07 Å². The summed E-state index contributed by atoms with van der Waals surface area (Å²) in [5, 5.41) is 11.0. The molecule has 1 saturated heterocycles. The van der Waals surface area contributed by atoms with Crippen LogP contribution in [0.2, 0.25) is 0 Å². The number of benzene rings is 1. The number of alkyl halides is 1. The highest BCUT2D eigenvalue weighted by molar-refractivity contribution is 6.17. The first-order valence-electron chi connectivity index (χ1n) is 5.87. The highest BCUT2D eigenvalue weighted by Crippen LogP contribution is 2.40. The molecule has 0 aliphatic carbocycles. The van der Waals surface area contributed by atoms with E-state index in [9.17, 15) is 14.5 Å². The zero-order valence-corrected chi connectivity index (χ0v) is 10.9. The van der Waals surface area contributed by atoms with Crippen LogP contribution in [0.15, 0.2) is 18.2 Å². The number of ether oxygens (including phenoxy) is 2. The van der Waals surface area contributed by atoms with Crippen molar-refractivity contribution >= 4 is 17.3 Å². The number of hydrogen-bond donors (Lipinski definition) is 0. The molecule has 0 saturated carbocycles. The van der Waals surface area contributed by atoms with E-state index < -0.39 is 16.5 Å². The van der Waals surface area contributed by atoms with Gasteiger partial charge in [-0.05, 0) is 18.6 Å². The van der Waals surface area contributed by atoms with E-state index in [2.05, 4.69) is 0 Å². The Balaban J connectivity index is 2.44. The third kappa shape index (κ3) is 2.86. The van der Waals surface area contributed by atoms with Gasteiger partial charge in [0.05, 0.1) is 29.8 Å². The smallest absolute Gasteiger partial charge is 0.280 e. The number of nitro benzene ring substituents is 1. The van der Waals surface area contributed by atoms with Gasteiger partial charge in [-0.15, -0.1) is 11.6 Å². The summed E-state index contributed by atoms with van der Waals surface area (Å²) < 4.78 is 24.3. The number of halogens is 2. The largest absolute Gasteiger partial charge is 0.343 e. The first-order valence-corrected chi connectivity index (χ1v) is 6.41. The van der Waals surface area contributed by atoms with Gasteiger partial charge in [0.1, 0.15) is 5.82 Å². The summed E-state index contributed by atoms with van der Waals surface area (Å²) in [7, 11) is 0. The van der Waals surface area contributed by atoms with Crippen LogP contribution in [0.3, 0.4) is 0 Å². The van der Waals surface area contributed by atoms with Crippen molar-refractivity contribution in [2.45, 2.75) is 18.6 Å². The molecule has 0 radical (unpaired) electrons. The second-order valence-corrected chi connectivity index (χ2v) is 4.54. The zero-order chi connectivity index (χ0) is 13.9. The summed E-state index contributed by atoms with van der Waals surface area (Å²) in [5.74, 6) is -1.46. The van der Waals surface area contributed by atoms with E-state index in [4.69, 9.17) is 21.1 Å². The normalized spacial score (nSPS) is 17.6. The molecule has 0 spiro atoms. The Hall–Kier alpha value is -1.24. The van der Waals surface area contributed by atoms with Gasteiger partial charge in [-0.2, -0.15) is 0 Å². The van der Waals surface area contributed by atoms with E-state index in [0.717, 1.165) is 12.1 Å². The summed E-state index contributed by atoms with van der Waals surface area (Å²) in [5.41, 5.74) is -0.0991. The highest BCUT2D eigenvalue weighted by atomic mass is 35.5. The fraction of sp³-hybridized carbons (Fsp3) is 0.500. The van der Waals surface area contributed by atoms with Crippen molar-refractivity contribution in [1.82, 2.24) is 0 Å². The Morgan fingerprint density at radius 1 is 1.42 bits per heavy atom. The molecule has 1 aliphatic rings. The van der Waals surface area contributed by atoms with E-state index in [0.29, 0.717) is 31.9 Å². The summed E-state index contributed by atoms with van der Waals surface area (Å²) in [6.07, 6.45) is 0.971. The third-order valence-corrected chi connectivity index (χ3v) is 3.23. The Morgan fingerprint density at radius 2 is 2.11 bits per heavy atom. The number of nitrogens with zero attached hydrogens (tertiary/aromatic N) is 1. The average molecular weight is 290 g/mol. The Labute approximate surface area is 114 Å². The fourth-order valence-electron chi connectivity index (χ4n) is 2.17. The SMILES string of the molecule is O=[N+]([O-])c1cc(F)ccc1C1(CCCCl)OCCO1. The summed E-state index contributed by atoms with van der Waals surface area (Å²) in [6, 6.07) is 3.38. The minimum atomic E-state index is -1.19. The lowest BCUT2D eigenvalue weighted by molar-refractivity contribution is -0.388. The van der Waals surface area contributed by atoms with E-state index >= 15 is 0 Å². The lowest BCUT2D eigenvalue weighted by Gasteiger charge is -2.27. The molecule has 5 nitrogen and oxygen atoms in total. The minimum Gasteiger partial charge on any atom is -0.343 e. The first kappa shape index (κ1) is 14.2. The van der Waals surface area contributed by atoms with Crippen LogP contribution in [0.25, 0.3) is 0 Å². The molecule has 0 bridgehead atoms. The second kappa shape index (κ2) is 5.81. The van der Waals surface area contributed by atoms with Crippen LogP contribution < -0.4 is 0 Å². The molecule has 0 unspecified atom stereocenters. The van der Waals surface area contributed by atoms with Gasteiger partial charge in [0.25, 0.3) is 5.69 Å². The minimum absolute atomic E-state index is 0.238. The van der Waals surface area contributed by atoms with Crippen molar-refractivity contribution in [2.75, 3.05) is 19.1 Å². The van der Waals surface area contributed by atoms with Crippen molar-refractivity contribution < 1.29 is 18.8 Å². The van der Waals surface area contributed by atoms with Crippen molar-refractivity contribution in [3.05, 3.63) is 39.7 Å². The van der Waals surface area contributed by atoms with Gasteiger partial charge in [0.2, 0.25) is 5.79 Å². The number of hydrogen-bond acceptors (Lipinski definition) is 4. The predicted octanol–water partition coefficient (Wildman–Crippen LogP) is 2.95. The van der Waals surface area contributed by atoms with Crippen LogP contribution in [0.5, 0.6) is 0 Å². The van der Waals surface area contributed by atoms with Gasteiger partial charge in [-0.3, -0.25) is 10.1 Å². The molecule has 0 N–H and O–H groups in total. The van der Waals surface area contributed by atoms with Gasteiger partial charge in [-0.1, -0.05) is 0 Å². The van der Waals surface area contributed by atoms with E-state index in [1.54, 1.807) is 0 Å². The lowest BCUT2D eigenvalue weighted by Crippen LogP contribution is -2.28. The van der Waals surface area contributed by atoms with Gasteiger partial charge < -0.3 is 9.47 Å². The molecular formula is C12H13ClFNO4. The molecule has 0 amide bonds. The molecule has 7 heteroatoms. The molecular weight excluding hydrogens is 277 g/mol. The van der Waals surface area contributed by atoms with Crippen LogP contribution in [0.4, 0.5) is 10.1 Å². The molecule has 104 valence electrons. The van der Waals surface area contributed by atoms with Gasteiger partial charge in [-0.25, -0.2) is 4.39 Å². The maximum atomic E-state index is 13.2. The standard InChI is InChI=1S/C12H13ClFNO4/c13-5-1-4-12(18-6-7-19-12)10-3-2-9(14)8-11(10)15(16)17/h2-3,8H,1,4-7H2. The van der Waals surface area contributed by atoms with Crippen molar-refractivity contribution in [1.29, 1.82) is 0 Å². The molecule has 1 aromatic rings. The van der Waals surface area contributed by atoms with Crippen molar-refractivity contribution in [3.63, 3.8) is 0 Å². The van der Waals surface area contributed by atoms with Crippen LogP contribution in [0, 0.1) is 15.9 Å². The van der Waals surface area contributed by atoms with Crippen LogP contribution >= 0.6 is 11.6 Å². The van der Waals surface area contributed by atoms with Crippen molar-refractivity contribution in [2.24, 2.45) is 0 Å². The Kier molecular flexibility index (Phi) is 4.34. The molecule has 1 fully saturated rings. The van der Waals surface area contributed by atoms with Crippen LogP contribution in [0.1, 0.15) is 18.4 Å². The topological polar surface area (TPSA) is 61.6 Å². The van der Waals surface area contributed by atoms with Gasteiger partial charge in [0, 0.05) is 12.3 Å². The maximum absolute atomic E-state index is 13.2. The lowest BCUT2D eigenvalue weighted by atomic mass is 9.99. The van der Waals surface area contributed by atoms with Crippen LogP contribution in [-0.4, -0.2) is 24.0 Å². The monoisotopic (exact) mass is 289 g/mol. The highest BCUT2D eigenvalue weighted by Gasteiger charge is 2.42. The van der Waals surface area contributed by atoms with E-state index in [1.807, 2.05) is 0 Å². The third-order valence-electron chi connectivity index (χ3n) is 2.96. The number of nitro groups is 1. The van der Waals surface area contributed by atoms with Gasteiger partial charge >= 0.3 is 0 Å². The zero-order valence-electron chi connectivity index (χ0n) is 10.1. The molecule has 0 aromatic heterocycles. The maximum Gasteiger partial charge on any atom is 0.280 e. The molecule has 1 aliphatic heterocycles. The Bertz CT molecular complexity index is 477. The second-order valence-electron chi connectivity index (χ2n) is 4.16. The molecule has 2 rings (SSSR count). The average Bonchev–Trinajstić information content (AvgIpc) is 2.86. The number of rotatable bonds is 5. The molecule has 0 atom stereocenters.